The summed E-state index contributed by atoms with van der Waals surface area (Å²) in [7, 11) is -1.62. The molecule has 3 rings (SSSR count). The first kappa shape index (κ1) is 24.3. The second-order valence-electron chi connectivity index (χ2n) is 9.96. The average molecular weight is 433 g/mol. The normalized spacial score (nSPS) is 11.9. The van der Waals surface area contributed by atoms with E-state index in [-0.39, 0.29) is 0 Å². The molecule has 4 nitrogen and oxygen atoms in total. The molecule has 5 heteroatoms. The highest BCUT2D eigenvalue weighted by molar-refractivity contribution is 6.56. The van der Waals surface area contributed by atoms with Crippen LogP contribution in [0.1, 0.15) is 101 Å². The van der Waals surface area contributed by atoms with Crippen molar-refractivity contribution < 1.29 is 14.6 Å². The van der Waals surface area contributed by atoms with Crippen molar-refractivity contribution in [3.8, 4) is 11.4 Å². The number of para-hydroxylation sites is 2. The summed E-state index contributed by atoms with van der Waals surface area (Å²) in [5, 5.41) is 21.3. The Kier molecular flexibility index (Phi) is 7.31. The van der Waals surface area contributed by atoms with Crippen molar-refractivity contribution in [1.82, 2.24) is 4.57 Å². The van der Waals surface area contributed by atoms with E-state index < -0.39 is 7.12 Å². The Balaban J connectivity index is 2.42. The van der Waals surface area contributed by atoms with Gasteiger partial charge < -0.3 is 10.0 Å². The van der Waals surface area contributed by atoms with E-state index in [9.17, 15) is 10.0 Å². The maximum absolute atomic E-state index is 10.6. The van der Waals surface area contributed by atoms with Crippen LogP contribution in [-0.2, 0) is 0 Å². The van der Waals surface area contributed by atoms with E-state index >= 15 is 0 Å². The summed E-state index contributed by atoms with van der Waals surface area (Å²) < 4.78 is 3.97. The third-order valence-corrected chi connectivity index (χ3v) is 6.26. The van der Waals surface area contributed by atoms with Gasteiger partial charge in [-0.1, -0.05) is 91.8 Å². The zero-order valence-corrected chi connectivity index (χ0v) is 20.8. The standard InChI is InChI=1S/C27H38BN2O2/c1-17(2)21-11-9-12-22(18(3)4)25(21)29-15-16-30(27(29)28(31)32)26-23(19(5)6)13-10-14-24(26)20(7)8/h9-20,31-32H,1-8H3/q+1. The predicted octanol–water partition coefficient (Wildman–Crippen LogP) is 4.93. The molecule has 0 saturated carbocycles. The van der Waals surface area contributed by atoms with Gasteiger partial charge in [-0.3, -0.25) is 0 Å². The van der Waals surface area contributed by atoms with Crippen molar-refractivity contribution in [3.63, 3.8) is 0 Å². The molecule has 2 aromatic carbocycles. The van der Waals surface area contributed by atoms with Crippen LogP contribution in [0.4, 0.5) is 0 Å². The van der Waals surface area contributed by atoms with E-state index in [2.05, 4.69) is 91.8 Å². The maximum atomic E-state index is 10.6. The van der Waals surface area contributed by atoms with Gasteiger partial charge in [0.2, 0.25) is 0 Å². The third kappa shape index (κ3) is 4.42. The Morgan fingerprint density at radius 1 is 0.688 bits per heavy atom. The molecular formula is C27H38BN2O2+. The smallest absolute Gasteiger partial charge is 0.418 e. The van der Waals surface area contributed by atoms with Gasteiger partial charge >= 0.3 is 7.12 Å². The summed E-state index contributed by atoms with van der Waals surface area (Å²) >= 11 is 0. The highest BCUT2D eigenvalue weighted by Gasteiger charge is 2.36. The van der Waals surface area contributed by atoms with Crippen molar-refractivity contribution in [2.45, 2.75) is 79.1 Å². The van der Waals surface area contributed by atoms with Crippen molar-refractivity contribution in [2.75, 3.05) is 0 Å². The molecule has 0 saturated heterocycles. The molecule has 170 valence electrons. The highest BCUT2D eigenvalue weighted by Crippen LogP contribution is 2.31. The van der Waals surface area contributed by atoms with Gasteiger partial charge in [-0.15, -0.1) is 0 Å². The molecule has 0 aliphatic carbocycles. The summed E-state index contributed by atoms with van der Waals surface area (Å²) in [6, 6.07) is 12.8. The monoisotopic (exact) mass is 433 g/mol. The minimum absolute atomic E-state index is 0.303. The van der Waals surface area contributed by atoms with E-state index in [0.717, 1.165) is 11.4 Å². The lowest BCUT2D eigenvalue weighted by molar-refractivity contribution is -0.578. The van der Waals surface area contributed by atoms with Gasteiger partial charge in [0, 0.05) is 22.3 Å². The Hall–Kier alpha value is -2.37. The Morgan fingerprint density at radius 2 is 1.09 bits per heavy atom. The van der Waals surface area contributed by atoms with Gasteiger partial charge in [-0.2, -0.15) is 0 Å². The number of benzene rings is 2. The summed E-state index contributed by atoms with van der Waals surface area (Å²) in [6.07, 6.45) is 3.95. The minimum Gasteiger partial charge on any atom is -0.418 e. The molecule has 0 aliphatic rings. The van der Waals surface area contributed by atoms with Crippen molar-refractivity contribution in [1.29, 1.82) is 0 Å². The molecule has 1 aromatic heterocycles. The lowest BCUT2D eigenvalue weighted by atomic mass is 9.86. The Labute approximate surface area is 193 Å². The van der Waals surface area contributed by atoms with Crippen LogP contribution in [0.25, 0.3) is 11.4 Å². The van der Waals surface area contributed by atoms with Crippen molar-refractivity contribution in [2.24, 2.45) is 0 Å². The molecule has 2 N–H and O–H groups in total. The number of aromatic nitrogens is 2. The van der Waals surface area contributed by atoms with Crippen LogP contribution in [0.15, 0.2) is 48.8 Å². The molecular weight excluding hydrogens is 395 g/mol. The molecule has 0 fully saturated rings. The minimum atomic E-state index is -1.62. The fourth-order valence-corrected chi connectivity index (χ4v) is 4.61. The summed E-state index contributed by atoms with van der Waals surface area (Å²) in [5.41, 5.74) is 7.34. The Morgan fingerprint density at radius 3 is 1.47 bits per heavy atom. The molecule has 3 aromatic rings. The summed E-state index contributed by atoms with van der Waals surface area (Å²) in [4.78, 5) is 0. The fraction of sp³-hybridized carbons (Fsp3) is 0.444. The zero-order valence-electron chi connectivity index (χ0n) is 20.8. The second kappa shape index (κ2) is 9.64. The van der Waals surface area contributed by atoms with Crippen LogP contribution in [0.5, 0.6) is 0 Å². The Bertz CT molecular complexity index is 948. The van der Waals surface area contributed by atoms with Gasteiger partial charge in [0.25, 0.3) is 5.72 Å². The summed E-state index contributed by atoms with van der Waals surface area (Å²) in [6.45, 7) is 17.4. The molecule has 0 radical (unpaired) electrons. The number of nitrogens with zero attached hydrogens (tertiary/aromatic N) is 2. The number of imidazole rings is 1. The first-order chi connectivity index (χ1) is 15.1. The molecule has 0 bridgehead atoms. The maximum Gasteiger partial charge on any atom is 0.586 e. The highest BCUT2D eigenvalue weighted by atomic mass is 16.4. The molecule has 0 atom stereocenters. The van der Waals surface area contributed by atoms with Crippen LogP contribution in [0.3, 0.4) is 0 Å². The lowest BCUT2D eigenvalue weighted by Gasteiger charge is -2.19. The van der Waals surface area contributed by atoms with Gasteiger partial charge in [0.05, 0.1) is 0 Å². The van der Waals surface area contributed by atoms with Crippen molar-refractivity contribution in [3.05, 3.63) is 71.0 Å². The number of hydrogen-bond donors (Lipinski definition) is 2. The van der Waals surface area contributed by atoms with Crippen LogP contribution < -0.4 is 10.3 Å². The zero-order chi connectivity index (χ0) is 23.7. The molecule has 0 aliphatic heterocycles. The predicted molar refractivity (Wildman–Crippen MR) is 133 cm³/mol. The van der Waals surface area contributed by atoms with E-state index in [0.29, 0.717) is 29.4 Å². The first-order valence-corrected chi connectivity index (χ1v) is 11.8. The number of rotatable bonds is 7. The van der Waals surface area contributed by atoms with Gasteiger partial charge in [-0.25, -0.2) is 9.13 Å². The molecule has 0 amide bonds. The van der Waals surface area contributed by atoms with Gasteiger partial charge in [-0.05, 0) is 23.7 Å². The van der Waals surface area contributed by atoms with Crippen LogP contribution in [-0.4, -0.2) is 21.7 Å². The van der Waals surface area contributed by atoms with Crippen molar-refractivity contribution >= 4 is 12.8 Å². The first-order valence-electron chi connectivity index (χ1n) is 11.8. The SMILES string of the molecule is CC(C)c1cccc(C(C)C)c1-n1cc[n+](-c2c(C(C)C)cccc2C(C)C)c1B(O)O. The van der Waals surface area contributed by atoms with E-state index in [1.54, 1.807) is 0 Å². The molecule has 32 heavy (non-hydrogen) atoms. The topological polar surface area (TPSA) is 49.3 Å². The van der Waals surface area contributed by atoms with Crippen LogP contribution >= 0.6 is 0 Å². The van der Waals surface area contributed by atoms with E-state index in [1.807, 2.05) is 21.5 Å². The second-order valence-corrected chi connectivity index (χ2v) is 9.96. The molecule has 1 heterocycles. The van der Waals surface area contributed by atoms with Crippen LogP contribution in [0, 0.1) is 0 Å². The molecule has 0 unspecified atom stereocenters. The lowest BCUT2D eigenvalue weighted by Crippen LogP contribution is -2.57. The largest absolute Gasteiger partial charge is 0.586 e. The van der Waals surface area contributed by atoms with Gasteiger partial charge in [0.15, 0.2) is 0 Å². The molecule has 0 spiro atoms. The van der Waals surface area contributed by atoms with Crippen LogP contribution in [0.2, 0.25) is 0 Å². The quantitative estimate of drug-likeness (QED) is 0.410. The summed E-state index contributed by atoms with van der Waals surface area (Å²) in [5.74, 6) is 1.21. The van der Waals surface area contributed by atoms with Gasteiger partial charge in [0.1, 0.15) is 23.8 Å². The van der Waals surface area contributed by atoms with E-state index in [1.165, 1.54) is 22.3 Å². The van der Waals surface area contributed by atoms with E-state index in [4.69, 9.17) is 0 Å². The third-order valence-electron chi connectivity index (χ3n) is 6.26. The number of hydrogen-bond acceptors (Lipinski definition) is 2. The fourth-order valence-electron chi connectivity index (χ4n) is 4.61. The average Bonchev–Trinajstić information content (AvgIpc) is 3.17.